The summed E-state index contributed by atoms with van der Waals surface area (Å²) in [7, 11) is 0. The summed E-state index contributed by atoms with van der Waals surface area (Å²) >= 11 is 11.9. The Morgan fingerprint density at radius 2 is 1.84 bits per heavy atom. The van der Waals surface area contributed by atoms with Gasteiger partial charge in [0.1, 0.15) is 5.60 Å². The summed E-state index contributed by atoms with van der Waals surface area (Å²) in [5, 5.41) is 6.49. The Bertz CT molecular complexity index is 639. The quantitative estimate of drug-likeness (QED) is 0.783. The highest BCUT2D eigenvalue weighted by molar-refractivity contribution is 6.35. The number of piperidine rings is 1. The van der Waals surface area contributed by atoms with E-state index in [-0.39, 0.29) is 18.2 Å². The van der Waals surface area contributed by atoms with E-state index in [0.29, 0.717) is 41.7 Å². The number of urea groups is 1. The number of ether oxygens (including phenoxy) is 1. The Hall–Kier alpha value is -1.66. The molecule has 0 radical (unpaired) electrons. The lowest BCUT2D eigenvalue weighted by molar-refractivity contribution is 0.0202. The monoisotopic (exact) mass is 387 g/mol. The standard InChI is InChI=1S/C17H23Cl2N3O3/c1-17(2,3)25-16(24)22-8-6-12(7-9-22)20-15(23)21-14-10-11(18)4-5-13(14)19/h4-5,10,12H,6-9H2,1-3H3,(H2,20,21,23). The smallest absolute Gasteiger partial charge is 0.410 e. The summed E-state index contributed by atoms with van der Waals surface area (Å²) in [5.41, 5.74) is -0.0553. The van der Waals surface area contributed by atoms with E-state index >= 15 is 0 Å². The van der Waals surface area contributed by atoms with Gasteiger partial charge in [0, 0.05) is 24.2 Å². The number of halogens is 2. The van der Waals surface area contributed by atoms with Crippen molar-refractivity contribution in [3.63, 3.8) is 0 Å². The first kappa shape index (κ1) is 19.7. The second-order valence-electron chi connectivity index (χ2n) is 6.96. The van der Waals surface area contributed by atoms with Gasteiger partial charge in [-0.2, -0.15) is 0 Å². The van der Waals surface area contributed by atoms with E-state index in [2.05, 4.69) is 10.6 Å². The molecule has 0 atom stereocenters. The molecule has 1 aromatic rings. The molecule has 2 rings (SSSR count). The zero-order valence-electron chi connectivity index (χ0n) is 14.6. The average molecular weight is 388 g/mol. The van der Waals surface area contributed by atoms with Crippen molar-refractivity contribution in [2.75, 3.05) is 18.4 Å². The fraction of sp³-hybridized carbons (Fsp3) is 0.529. The van der Waals surface area contributed by atoms with Gasteiger partial charge in [-0.1, -0.05) is 23.2 Å². The summed E-state index contributed by atoms with van der Waals surface area (Å²) < 4.78 is 5.36. The van der Waals surface area contributed by atoms with Gasteiger partial charge < -0.3 is 20.3 Å². The number of benzene rings is 1. The van der Waals surface area contributed by atoms with Gasteiger partial charge in [-0.05, 0) is 51.8 Å². The first-order valence-electron chi connectivity index (χ1n) is 8.14. The van der Waals surface area contributed by atoms with Crippen molar-refractivity contribution in [2.45, 2.75) is 45.3 Å². The van der Waals surface area contributed by atoms with Crippen LogP contribution in [0.1, 0.15) is 33.6 Å². The SMILES string of the molecule is CC(C)(C)OC(=O)N1CCC(NC(=O)Nc2cc(Cl)ccc2Cl)CC1. The molecule has 8 heteroatoms. The normalized spacial score (nSPS) is 15.6. The van der Waals surface area contributed by atoms with Crippen LogP contribution in [0, 0.1) is 0 Å². The third-order valence-electron chi connectivity index (χ3n) is 3.66. The maximum atomic E-state index is 12.1. The van der Waals surface area contributed by atoms with Gasteiger partial charge in [0.2, 0.25) is 0 Å². The van der Waals surface area contributed by atoms with Gasteiger partial charge in [0.25, 0.3) is 0 Å². The van der Waals surface area contributed by atoms with Crippen molar-refractivity contribution < 1.29 is 14.3 Å². The molecule has 0 aromatic heterocycles. The molecular formula is C17H23Cl2N3O3. The molecule has 3 amide bonds. The molecule has 0 aliphatic carbocycles. The third-order valence-corrected chi connectivity index (χ3v) is 4.22. The third kappa shape index (κ3) is 6.29. The van der Waals surface area contributed by atoms with Crippen LogP contribution in [0.15, 0.2) is 18.2 Å². The van der Waals surface area contributed by atoms with Crippen LogP contribution >= 0.6 is 23.2 Å². The molecule has 0 spiro atoms. The highest BCUT2D eigenvalue weighted by Gasteiger charge is 2.27. The summed E-state index contributed by atoms with van der Waals surface area (Å²) in [6.45, 7) is 6.59. The molecule has 6 nitrogen and oxygen atoms in total. The van der Waals surface area contributed by atoms with E-state index in [1.54, 1.807) is 23.1 Å². The summed E-state index contributed by atoms with van der Waals surface area (Å²) in [5.74, 6) is 0. The zero-order chi connectivity index (χ0) is 18.6. The van der Waals surface area contributed by atoms with E-state index in [1.165, 1.54) is 0 Å². The maximum absolute atomic E-state index is 12.1. The van der Waals surface area contributed by atoms with E-state index in [4.69, 9.17) is 27.9 Å². The van der Waals surface area contributed by atoms with E-state index in [0.717, 1.165) is 0 Å². The van der Waals surface area contributed by atoms with Crippen LogP contribution in [0.25, 0.3) is 0 Å². The van der Waals surface area contributed by atoms with E-state index < -0.39 is 5.60 Å². The van der Waals surface area contributed by atoms with E-state index in [9.17, 15) is 9.59 Å². The number of likely N-dealkylation sites (tertiary alicyclic amines) is 1. The molecule has 138 valence electrons. The lowest BCUT2D eigenvalue weighted by Gasteiger charge is -2.33. The molecule has 1 aliphatic heterocycles. The Morgan fingerprint density at radius 3 is 2.44 bits per heavy atom. The van der Waals surface area contributed by atoms with Crippen LogP contribution in [-0.4, -0.2) is 41.8 Å². The van der Waals surface area contributed by atoms with Gasteiger partial charge in [0.05, 0.1) is 10.7 Å². The van der Waals surface area contributed by atoms with Crippen LogP contribution in [0.5, 0.6) is 0 Å². The van der Waals surface area contributed by atoms with Crippen LogP contribution in [-0.2, 0) is 4.74 Å². The van der Waals surface area contributed by atoms with Gasteiger partial charge in [0.15, 0.2) is 0 Å². The molecule has 1 aliphatic rings. The highest BCUT2D eigenvalue weighted by Crippen LogP contribution is 2.25. The summed E-state index contributed by atoms with van der Waals surface area (Å²) in [4.78, 5) is 25.8. The molecule has 1 saturated heterocycles. The van der Waals surface area contributed by atoms with Crippen molar-refractivity contribution in [3.8, 4) is 0 Å². The number of nitrogens with one attached hydrogen (secondary N) is 2. The molecule has 1 fully saturated rings. The maximum Gasteiger partial charge on any atom is 0.410 e. The second-order valence-corrected chi connectivity index (χ2v) is 7.81. The van der Waals surface area contributed by atoms with Crippen LogP contribution in [0.3, 0.4) is 0 Å². The second kappa shape index (κ2) is 8.15. The van der Waals surface area contributed by atoms with E-state index in [1.807, 2.05) is 20.8 Å². The minimum atomic E-state index is -0.512. The number of hydrogen-bond acceptors (Lipinski definition) is 3. The topological polar surface area (TPSA) is 70.7 Å². The Balaban J connectivity index is 1.80. The molecular weight excluding hydrogens is 365 g/mol. The zero-order valence-corrected chi connectivity index (χ0v) is 16.1. The minimum absolute atomic E-state index is 0.0170. The number of carbonyl (C=O) groups excluding carboxylic acids is 2. The Kier molecular flexibility index (Phi) is 6.41. The van der Waals surface area contributed by atoms with Gasteiger partial charge in [-0.25, -0.2) is 9.59 Å². The number of nitrogens with zero attached hydrogens (tertiary/aromatic N) is 1. The number of hydrogen-bond donors (Lipinski definition) is 2. The van der Waals surface area contributed by atoms with Gasteiger partial charge >= 0.3 is 12.1 Å². The largest absolute Gasteiger partial charge is 0.444 e. The Labute approximate surface area is 157 Å². The number of carbonyl (C=O) groups is 2. The number of amides is 3. The molecule has 1 aromatic carbocycles. The average Bonchev–Trinajstić information content (AvgIpc) is 2.50. The lowest BCUT2D eigenvalue weighted by atomic mass is 10.1. The fourth-order valence-electron chi connectivity index (χ4n) is 2.47. The molecule has 0 unspecified atom stereocenters. The van der Waals surface area contributed by atoms with Crippen molar-refractivity contribution in [2.24, 2.45) is 0 Å². The molecule has 25 heavy (non-hydrogen) atoms. The highest BCUT2D eigenvalue weighted by atomic mass is 35.5. The Morgan fingerprint density at radius 1 is 1.20 bits per heavy atom. The van der Waals surface area contributed by atoms with Crippen molar-refractivity contribution in [1.82, 2.24) is 10.2 Å². The lowest BCUT2D eigenvalue weighted by Crippen LogP contribution is -2.48. The number of anilines is 1. The van der Waals surface area contributed by atoms with Gasteiger partial charge in [-0.15, -0.1) is 0 Å². The van der Waals surface area contributed by atoms with Crippen LogP contribution in [0.4, 0.5) is 15.3 Å². The summed E-state index contributed by atoms with van der Waals surface area (Å²) in [6, 6.07) is 4.50. The first-order valence-corrected chi connectivity index (χ1v) is 8.90. The van der Waals surface area contributed by atoms with Crippen LogP contribution < -0.4 is 10.6 Å². The molecule has 0 saturated carbocycles. The predicted molar refractivity (Wildman–Crippen MR) is 99.4 cm³/mol. The van der Waals surface area contributed by atoms with Gasteiger partial charge in [-0.3, -0.25) is 0 Å². The van der Waals surface area contributed by atoms with Crippen molar-refractivity contribution >= 4 is 41.0 Å². The predicted octanol–water partition coefficient (Wildman–Crippen LogP) is 4.51. The number of rotatable bonds is 2. The first-order chi connectivity index (χ1) is 11.6. The minimum Gasteiger partial charge on any atom is -0.444 e. The molecule has 1 heterocycles. The van der Waals surface area contributed by atoms with Crippen molar-refractivity contribution in [1.29, 1.82) is 0 Å². The van der Waals surface area contributed by atoms with Crippen LogP contribution in [0.2, 0.25) is 10.0 Å². The molecule has 0 bridgehead atoms. The van der Waals surface area contributed by atoms with Crippen molar-refractivity contribution in [3.05, 3.63) is 28.2 Å². The molecule has 2 N–H and O–H groups in total. The summed E-state index contributed by atoms with van der Waals surface area (Å²) in [6.07, 6.45) is 1.01. The fourth-order valence-corrected chi connectivity index (χ4v) is 2.81.